The topological polar surface area (TPSA) is 63.4 Å². The van der Waals surface area contributed by atoms with E-state index >= 15 is 0 Å². The summed E-state index contributed by atoms with van der Waals surface area (Å²) in [5, 5.41) is 8.45. The molecule has 1 atom stereocenters. The summed E-state index contributed by atoms with van der Waals surface area (Å²) in [6.45, 7) is 6.27. The zero-order valence-corrected chi connectivity index (χ0v) is 21.6. The van der Waals surface area contributed by atoms with Gasteiger partial charge in [-0.15, -0.1) is 0 Å². The first-order valence-electron chi connectivity index (χ1n) is 11.9. The van der Waals surface area contributed by atoms with Gasteiger partial charge in [0.1, 0.15) is 5.75 Å². The molecule has 0 fully saturated rings. The van der Waals surface area contributed by atoms with Crippen molar-refractivity contribution in [3.05, 3.63) is 101 Å². The number of aromatic nitrogens is 2. The Hall–Kier alpha value is -3.97. The maximum absolute atomic E-state index is 5.86. The normalized spacial score (nSPS) is 15.7. The molecule has 0 aliphatic carbocycles. The Bertz CT molecular complexity index is 1420. The molecule has 5 rings (SSSR count). The number of anilines is 1. The van der Waals surface area contributed by atoms with Gasteiger partial charge in [-0.2, -0.15) is 4.98 Å². The Morgan fingerprint density at radius 3 is 2.47 bits per heavy atom. The minimum atomic E-state index is -0.233. The second kappa shape index (κ2) is 9.95. The van der Waals surface area contributed by atoms with Crippen molar-refractivity contribution in [3.63, 3.8) is 0 Å². The number of nitrogens with zero attached hydrogens (tertiary/aromatic N) is 3. The first-order chi connectivity index (χ1) is 17.5. The fraction of sp³-hybridized carbons (Fsp3) is 0.207. The first-order valence-corrected chi connectivity index (χ1v) is 12.3. The van der Waals surface area contributed by atoms with Crippen molar-refractivity contribution in [2.75, 3.05) is 12.0 Å². The Balaban J connectivity index is 1.63. The van der Waals surface area contributed by atoms with Gasteiger partial charge in [-0.05, 0) is 67.9 Å². The van der Waals surface area contributed by atoms with Crippen LogP contribution >= 0.6 is 12.2 Å². The molecule has 4 aromatic rings. The molecular formula is C29H28N4O2S. The van der Waals surface area contributed by atoms with E-state index in [9.17, 15) is 0 Å². The molecule has 182 valence electrons. The largest absolute Gasteiger partial charge is 0.497 e. The zero-order chi connectivity index (χ0) is 25.2. The summed E-state index contributed by atoms with van der Waals surface area (Å²) in [4.78, 5) is 6.83. The maximum Gasteiger partial charge on any atom is 0.258 e. The lowest BCUT2D eigenvalue weighted by atomic mass is 9.94. The van der Waals surface area contributed by atoms with Crippen molar-refractivity contribution in [3.8, 4) is 17.1 Å². The van der Waals surface area contributed by atoms with E-state index in [0.717, 1.165) is 40.3 Å². The van der Waals surface area contributed by atoms with Crippen LogP contribution in [0.3, 0.4) is 0 Å². The molecule has 1 aliphatic heterocycles. The number of aryl methyl sites for hydroxylation is 2. The third kappa shape index (κ3) is 4.50. The maximum atomic E-state index is 5.86. The van der Waals surface area contributed by atoms with Crippen molar-refractivity contribution in [2.45, 2.75) is 33.2 Å². The van der Waals surface area contributed by atoms with E-state index in [0.29, 0.717) is 16.8 Å². The standard InChI is InChI=1S/C29H28N4O2S/c1-5-20-11-15-23(16-12-20)33-19(3)25(26(30-29(33)36)21-13-9-18(2)10-14-21)28-31-27(32-35-28)22-7-6-8-24(17-22)34-4/h6-17,26H,5H2,1-4H3,(H,30,36). The number of benzene rings is 3. The summed E-state index contributed by atoms with van der Waals surface area (Å²) in [6.07, 6.45) is 0.980. The van der Waals surface area contributed by atoms with Gasteiger partial charge in [0, 0.05) is 16.9 Å². The molecule has 0 saturated carbocycles. The van der Waals surface area contributed by atoms with Crippen LogP contribution in [0.1, 0.15) is 42.5 Å². The average Bonchev–Trinajstić information content (AvgIpc) is 3.39. The molecule has 0 saturated heterocycles. The molecule has 1 unspecified atom stereocenters. The Morgan fingerprint density at radius 2 is 1.78 bits per heavy atom. The third-order valence-electron chi connectivity index (χ3n) is 6.48. The number of ether oxygens (including phenoxy) is 1. The van der Waals surface area contributed by atoms with E-state index in [2.05, 4.69) is 72.9 Å². The van der Waals surface area contributed by atoms with Gasteiger partial charge in [-0.25, -0.2) is 0 Å². The van der Waals surface area contributed by atoms with E-state index in [1.165, 1.54) is 11.1 Å². The lowest BCUT2D eigenvalue weighted by molar-refractivity contribution is 0.403. The molecule has 1 N–H and O–H groups in total. The molecule has 0 bridgehead atoms. The number of rotatable bonds is 6. The fourth-order valence-corrected chi connectivity index (χ4v) is 4.79. The minimum absolute atomic E-state index is 0.233. The van der Waals surface area contributed by atoms with Gasteiger partial charge in [0.15, 0.2) is 5.11 Å². The fourth-order valence-electron chi connectivity index (χ4n) is 4.43. The van der Waals surface area contributed by atoms with E-state index in [4.69, 9.17) is 26.5 Å². The number of nitrogens with one attached hydrogen (secondary N) is 1. The summed E-state index contributed by atoms with van der Waals surface area (Å²) in [5.74, 6) is 1.68. The van der Waals surface area contributed by atoms with Crippen molar-refractivity contribution < 1.29 is 9.26 Å². The van der Waals surface area contributed by atoms with Gasteiger partial charge in [0.25, 0.3) is 5.89 Å². The van der Waals surface area contributed by atoms with Gasteiger partial charge in [0.05, 0.1) is 18.7 Å². The Morgan fingerprint density at radius 1 is 1.03 bits per heavy atom. The van der Waals surface area contributed by atoms with Crippen LogP contribution in [0.5, 0.6) is 5.75 Å². The molecule has 2 heterocycles. The van der Waals surface area contributed by atoms with Gasteiger partial charge in [-0.1, -0.05) is 66.2 Å². The highest BCUT2D eigenvalue weighted by Crippen LogP contribution is 2.39. The smallest absolute Gasteiger partial charge is 0.258 e. The highest BCUT2D eigenvalue weighted by Gasteiger charge is 2.34. The molecule has 0 radical (unpaired) electrons. The average molecular weight is 497 g/mol. The SMILES string of the molecule is CCc1ccc(N2C(=S)NC(c3ccc(C)cc3)C(c3nc(-c4cccc(OC)c4)no3)=C2C)cc1. The molecule has 3 aromatic carbocycles. The lowest BCUT2D eigenvalue weighted by Crippen LogP contribution is -2.46. The van der Waals surface area contributed by atoms with E-state index in [1.54, 1.807) is 7.11 Å². The van der Waals surface area contributed by atoms with Crippen LogP contribution in [-0.2, 0) is 6.42 Å². The zero-order valence-electron chi connectivity index (χ0n) is 20.8. The monoisotopic (exact) mass is 496 g/mol. The minimum Gasteiger partial charge on any atom is -0.497 e. The first kappa shape index (κ1) is 23.8. The summed E-state index contributed by atoms with van der Waals surface area (Å²) in [7, 11) is 1.64. The summed E-state index contributed by atoms with van der Waals surface area (Å²) in [5.41, 5.74) is 7.15. The summed E-state index contributed by atoms with van der Waals surface area (Å²) >= 11 is 5.86. The van der Waals surface area contributed by atoms with Crippen LogP contribution < -0.4 is 15.0 Å². The van der Waals surface area contributed by atoms with E-state index < -0.39 is 0 Å². The molecular weight excluding hydrogens is 468 g/mol. The van der Waals surface area contributed by atoms with Crippen LogP contribution in [0.4, 0.5) is 5.69 Å². The van der Waals surface area contributed by atoms with Crippen LogP contribution in [0.2, 0.25) is 0 Å². The second-order valence-corrected chi connectivity index (χ2v) is 9.19. The summed E-state index contributed by atoms with van der Waals surface area (Å²) in [6, 6.07) is 24.2. The van der Waals surface area contributed by atoms with Crippen LogP contribution in [0, 0.1) is 6.92 Å². The number of methoxy groups -OCH3 is 1. The number of allylic oxidation sites excluding steroid dienone is 1. The molecule has 36 heavy (non-hydrogen) atoms. The highest BCUT2D eigenvalue weighted by atomic mass is 32.1. The lowest BCUT2D eigenvalue weighted by Gasteiger charge is -2.37. The van der Waals surface area contributed by atoms with Crippen molar-refractivity contribution in [1.29, 1.82) is 0 Å². The molecule has 1 aliphatic rings. The van der Waals surface area contributed by atoms with Crippen molar-refractivity contribution in [2.24, 2.45) is 0 Å². The summed E-state index contributed by atoms with van der Waals surface area (Å²) < 4.78 is 11.2. The molecule has 7 heteroatoms. The predicted octanol–water partition coefficient (Wildman–Crippen LogP) is 6.48. The molecule has 0 spiro atoms. The van der Waals surface area contributed by atoms with E-state index in [1.807, 2.05) is 36.1 Å². The van der Waals surface area contributed by atoms with Crippen molar-refractivity contribution in [1.82, 2.24) is 15.5 Å². The quantitative estimate of drug-likeness (QED) is 0.306. The predicted molar refractivity (Wildman–Crippen MR) is 147 cm³/mol. The molecule has 1 aromatic heterocycles. The van der Waals surface area contributed by atoms with Gasteiger partial charge in [0.2, 0.25) is 5.82 Å². The Kier molecular flexibility index (Phi) is 6.57. The van der Waals surface area contributed by atoms with Gasteiger partial charge in [-0.3, -0.25) is 4.90 Å². The number of thiocarbonyl (C=S) groups is 1. The second-order valence-electron chi connectivity index (χ2n) is 8.80. The van der Waals surface area contributed by atoms with Crippen LogP contribution in [0.25, 0.3) is 17.0 Å². The van der Waals surface area contributed by atoms with Crippen molar-refractivity contribution >= 4 is 28.6 Å². The highest BCUT2D eigenvalue weighted by molar-refractivity contribution is 7.80. The molecule has 6 nitrogen and oxygen atoms in total. The number of hydrogen-bond acceptors (Lipinski definition) is 5. The third-order valence-corrected chi connectivity index (χ3v) is 6.78. The number of hydrogen-bond donors (Lipinski definition) is 1. The van der Waals surface area contributed by atoms with E-state index in [-0.39, 0.29) is 6.04 Å². The van der Waals surface area contributed by atoms with Gasteiger partial charge >= 0.3 is 0 Å². The van der Waals surface area contributed by atoms with Crippen LogP contribution in [0.15, 0.2) is 83.0 Å². The van der Waals surface area contributed by atoms with Crippen LogP contribution in [-0.4, -0.2) is 22.4 Å². The van der Waals surface area contributed by atoms with Gasteiger partial charge < -0.3 is 14.6 Å². The molecule has 0 amide bonds. The Labute approximate surface area is 216 Å².